The van der Waals surface area contributed by atoms with Crippen LogP contribution in [0.4, 0.5) is 0 Å². The molecule has 1 rings (SSSR count). The monoisotopic (exact) mass is 248 g/mol. The molecule has 1 aromatic rings. The zero-order chi connectivity index (χ0) is 11.6. The Morgan fingerprint density at radius 3 is 2.47 bits per heavy atom. The van der Waals surface area contributed by atoms with Gasteiger partial charge in [0.25, 0.3) is 0 Å². The van der Waals surface area contributed by atoms with Crippen molar-refractivity contribution in [3.05, 3.63) is 28.8 Å². The molecule has 0 aliphatic carbocycles. The van der Waals surface area contributed by atoms with Gasteiger partial charge in [-0.2, -0.15) is 0 Å². The summed E-state index contributed by atoms with van der Waals surface area (Å²) >= 11 is 5.84. The lowest BCUT2D eigenvalue weighted by atomic mass is 10.2. The maximum Gasteiger partial charge on any atom is 0.244 e. The van der Waals surface area contributed by atoms with Crippen molar-refractivity contribution in [3.63, 3.8) is 0 Å². The van der Waals surface area contributed by atoms with Crippen LogP contribution in [0, 0.1) is 0 Å². The highest BCUT2D eigenvalue weighted by Crippen LogP contribution is 2.24. The molecule has 0 saturated heterocycles. The molecule has 84 valence electrons. The smallest absolute Gasteiger partial charge is 0.244 e. The minimum Gasteiger partial charge on any atom is -0.326 e. The first-order valence-electron chi connectivity index (χ1n) is 4.30. The van der Waals surface area contributed by atoms with Gasteiger partial charge in [0, 0.05) is 20.6 Å². The van der Waals surface area contributed by atoms with Crippen LogP contribution in [0.1, 0.15) is 5.56 Å². The summed E-state index contributed by atoms with van der Waals surface area (Å²) < 4.78 is 24.8. The molecule has 0 saturated carbocycles. The van der Waals surface area contributed by atoms with Gasteiger partial charge in [0.15, 0.2) is 0 Å². The molecule has 0 aromatic heterocycles. The van der Waals surface area contributed by atoms with Crippen LogP contribution in [0.2, 0.25) is 5.02 Å². The molecule has 15 heavy (non-hydrogen) atoms. The largest absolute Gasteiger partial charge is 0.326 e. The van der Waals surface area contributed by atoms with Crippen LogP contribution in [-0.2, 0) is 16.6 Å². The number of hydrogen-bond donors (Lipinski definition) is 1. The summed E-state index contributed by atoms with van der Waals surface area (Å²) in [5, 5.41) is 0.209. The lowest BCUT2D eigenvalue weighted by Gasteiger charge is -2.13. The second-order valence-corrected chi connectivity index (χ2v) is 5.78. The minimum atomic E-state index is -3.49. The number of sulfonamides is 1. The molecule has 0 fully saturated rings. The SMILES string of the molecule is CN(C)S(=O)(=O)c1cc(CN)ccc1Cl. The van der Waals surface area contributed by atoms with E-state index in [1.807, 2.05) is 0 Å². The first kappa shape index (κ1) is 12.4. The van der Waals surface area contributed by atoms with Gasteiger partial charge >= 0.3 is 0 Å². The number of rotatable bonds is 3. The van der Waals surface area contributed by atoms with Crippen LogP contribution in [-0.4, -0.2) is 26.8 Å². The third-order valence-corrected chi connectivity index (χ3v) is 4.29. The highest BCUT2D eigenvalue weighted by molar-refractivity contribution is 7.89. The second kappa shape index (κ2) is 4.49. The summed E-state index contributed by atoms with van der Waals surface area (Å²) in [5.41, 5.74) is 6.17. The van der Waals surface area contributed by atoms with Gasteiger partial charge < -0.3 is 5.73 Å². The Labute approximate surface area is 94.7 Å². The van der Waals surface area contributed by atoms with Crippen molar-refractivity contribution < 1.29 is 8.42 Å². The van der Waals surface area contributed by atoms with E-state index in [0.717, 1.165) is 9.87 Å². The Morgan fingerprint density at radius 2 is 2.00 bits per heavy atom. The zero-order valence-electron chi connectivity index (χ0n) is 8.57. The third-order valence-electron chi connectivity index (χ3n) is 1.99. The van der Waals surface area contributed by atoms with Gasteiger partial charge in [0.2, 0.25) is 10.0 Å². The molecule has 6 heteroatoms. The Kier molecular flexibility index (Phi) is 3.72. The number of benzene rings is 1. The fourth-order valence-electron chi connectivity index (χ4n) is 1.07. The quantitative estimate of drug-likeness (QED) is 0.870. The zero-order valence-corrected chi connectivity index (χ0v) is 10.1. The summed E-state index contributed by atoms with van der Waals surface area (Å²) in [6.45, 7) is 0.285. The lowest BCUT2D eigenvalue weighted by molar-refractivity contribution is 0.520. The predicted octanol–water partition coefficient (Wildman–Crippen LogP) is 1.05. The van der Waals surface area contributed by atoms with Gasteiger partial charge in [-0.15, -0.1) is 0 Å². The van der Waals surface area contributed by atoms with E-state index in [0.29, 0.717) is 0 Å². The Hall–Kier alpha value is -0.620. The molecular formula is C9H13ClN2O2S. The molecule has 0 aliphatic heterocycles. The fraction of sp³-hybridized carbons (Fsp3) is 0.333. The molecule has 2 N–H and O–H groups in total. The molecule has 0 bridgehead atoms. The van der Waals surface area contributed by atoms with E-state index >= 15 is 0 Å². The molecule has 0 spiro atoms. The van der Waals surface area contributed by atoms with Crippen molar-refractivity contribution in [1.29, 1.82) is 0 Å². The van der Waals surface area contributed by atoms with E-state index in [1.54, 1.807) is 12.1 Å². The van der Waals surface area contributed by atoms with Gasteiger partial charge in [0.05, 0.1) is 5.02 Å². The maximum absolute atomic E-state index is 11.8. The Bertz CT molecular complexity index is 457. The Balaban J connectivity index is 3.37. The van der Waals surface area contributed by atoms with Crippen molar-refractivity contribution >= 4 is 21.6 Å². The molecule has 0 heterocycles. The topological polar surface area (TPSA) is 63.4 Å². The highest BCUT2D eigenvalue weighted by atomic mass is 35.5. The van der Waals surface area contributed by atoms with Crippen molar-refractivity contribution in [2.45, 2.75) is 11.4 Å². The van der Waals surface area contributed by atoms with Crippen LogP contribution in [0.15, 0.2) is 23.1 Å². The van der Waals surface area contributed by atoms with E-state index in [4.69, 9.17) is 17.3 Å². The van der Waals surface area contributed by atoms with Crippen molar-refractivity contribution in [2.75, 3.05) is 14.1 Å². The van der Waals surface area contributed by atoms with Gasteiger partial charge in [-0.1, -0.05) is 17.7 Å². The molecule has 0 aliphatic rings. The summed E-state index contributed by atoms with van der Waals surface area (Å²) in [4.78, 5) is 0.0946. The van der Waals surface area contributed by atoms with Crippen molar-refractivity contribution in [2.24, 2.45) is 5.73 Å². The summed E-state index contributed by atoms with van der Waals surface area (Å²) in [6.07, 6.45) is 0. The number of nitrogens with zero attached hydrogens (tertiary/aromatic N) is 1. The van der Waals surface area contributed by atoms with E-state index in [-0.39, 0.29) is 16.5 Å². The van der Waals surface area contributed by atoms with E-state index in [2.05, 4.69) is 0 Å². The average molecular weight is 249 g/mol. The summed E-state index contributed by atoms with van der Waals surface area (Å²) in [7, 11) is -0.576. The normalized spacial score (nSPS) is 12.1. The second-order valence-electron chi connectivity index (χ2n) is 3.26. The van der Waals surface area contributed by atoms with Crippen LogP contribution in [0.3, 0.4) is 0 Å². The van der Waals surface area contributed by atoms with Crippen molar-refractivity contribution in [1.82, 2.24) is 4.31 Å². The van der Waals surface area contributed by atoms with Crippen LogP contribution < -0.4 is 5.73 Å². The third kappa shape index (κ3) is 2.49. The predicted molar refractivity (Wildman–Crippen MR) is 60.2 cm³/mol. The number of halogens is 1. The highest BCUT2D eigenvalue weighted by Gasteiger charge is 2.20. The molecule has 0 unspecified atom stereocenters. The molecular weight excluding hydrogens is 236 g/mol. The standard InChI is InChI=1S/C9H13ClN2O2S/c1-12(2)15(13,14)9-5-7(6-11)3-4-8(9)10/h3-5H,6,11H2,1-2H3. The number of nitrogens with two attached hydrogens (primary N) is 1. The summed E-state index contributed by atoms with van der Waals surface area (Å²) in [5.74, 6) is 0. The first-order chi connectivity index (χ1) is 6.89. The van der Waals surface area contributed by atoms with Crippen LogP contribution >= 0.6 is 11.6 Å². The maximum atomic E-state index is 11.8. The molecule has 0 atom stereocenters. The minimum absolute atomic E-state index is 0.0946. The molecule has 0 amide bonds. The van der Waals surface area contributed by atoms with Gasteiger partial charge in [-0.05, 0) is 17.7 Å². The van der Waals surface area contributed by atoms with E-state index in [1.165, 1.54) is 20.2 Å². The number of hydrogen-bond acceptors (Lipinski definition) is 3. The van der Waals surface area contributed by atoms with Crippen molar-refractivity contribution in [3.8, 4) is 0 Å². The molecule has 0 radical (unpaired) electrons. The Morgan fingerprint density at radius 1 is 1.40 bits per heavy atom. The first-order valence-corrected chi connectivity index (χ1v) is 6.12. The van der Waals surface area contributed by atoms with E-state index in [9.17, 15) is 8.42 Å². The fourth-order valence-corrected chi connectivity index (χ4v) is 2.49. The van der Waals surface area contributed by atoms with Gasteiger partial charge in [-0.25, -0.2) is 12.7 Å². The summed E-state index contributed by atoms with van der Waals surface area (Å²) in [6, 6.07) is 4.74. The lowest BCUT2D eigenvalue weighted by Crippen LogP contribution is -2.22. The molecule has 4 nitrogen and oxygen atoms in total. The van der Waals surface area contributed by atoms with E-state index < -0.39 is 10.0 Å². The van der Waals surface area contributed by atoms with Crippen LogP contribution in [0.5, 0.6) is 0 Å². The average Bonchev–Trinajstić information content (AvgIpc) is 2.18. The van der Waals surface area contributed by atoms with Gasteiger partial charge in [0.1, 0.15) is 4.90 Å². The van der Waals surface area contributed by atoms with Crippen LogP contribution in [0.25, 0.3) is 0 Å². The van der Waals surface area contributed by atoms with Gasteiger partial charge in [-0.3, -0.25) is 0 Å². The molecule has 1 aromatic carbocycles.